The Morgan fingerprint density at radius 3 is 2.53 bits per heavy atom. The van der Waals surface area contributed by atoms with Gasteiger partial charge in [-0.1, -0.05) is 30.3 Å². The number of ether oxygens (including phenoxy) is 1. The zero-order chi connectivity index (χ0) is 11.5. The van der Waals surface area contributed by atoms with Crippen LogP contribution < -0.4 is 5.32 Å². The summed E-state index contributed by atoms with van der Waals surface area (Å²) in [6.07, 6.45) is 2.21. The molecule has 1 N–H and O–H groups in total. The molecular formula is C15H17NO. The lowest BCUT2D eigenvalue weighted by Gasteiger charge is -2.24. The first-order valence-electron chi connectivity index (χ1n) is 6.25. The molecule has 1 aliphatic rings. The predicted molar refractivity (Wildman–Crippen MR) is 71.4 cm³/mol. The number of rotatable bonds is 2. The molecule has 1 saturated heterocycles. The van der Waals surface area contributed by atoms with Gasteiger partial charge in [0.05, 0.1) is 0 Å². The van der Waals surface area contributed by atoms with E-state index >= 15 is 0 Å². The van der Waals surface area contributed by atoms with Gasteiger partial charge in [-0.3, -0.25) is 0 Å². The van der Waals surface area contributed by atoms with E-state index in [1.807, 2.05) is 0 Å². The van der Waals surface area contributed by atoms with Crippen molar-refractivity contribution in [3.05, 3.63) is 42.5 Å². The highest BCUT2D eigenvalue weighted by Gasteiger charge is 2.13. The number of hydrogen-bond acceptors (Lipinski definition) is 2. The first kappa shape index (κ1) is 10.6. The summed E-state index contributed by atoms with van der Waals surface area (Å²) in [5.41, 5.74) is 1.22. The van der Waals surface area contributed by atoms with Gasteiger partial charge in [-0.05, 0) is 35.7 Å². The third-order valence-corrected chi connectivity index (χ3v) is 3.34. The Hall–Kier alpha value is -1.54. The van der Waals surface area contributed by atoms with Gasteiger partial charge in [0, 0.05) is 24.9 Å². The molecule has 17 heavy (non-hydrogen) atoms. The molecule has 0 radical (unpaired) electrons. The Kier molecular flexibility index (Phi) is 2.97. The summed E-state index contributed by atoms with van der Waals surface area (Å²) in [6.45, 7) is 1.76. The molecule has 0 aliphatic carbocycles. The second-order valence-electron chi connectivity index (χ2n) is 4.59. The lowest BCUT2D eigenvalue weighted by atomic mass is 10.1. The largest absolute Gasteiger partial charge is 0.382 e. The number of benzene rings is 2. The van der Waals surface area contributed by atoms with Crippen LogP contribution in [0.4, 0.5) is 5.69 Å². The van der Waals surface area contributed by atoms with E-state index in [-0.39, 0.29) is 0 Å². The van der Waals surface area contributed by atoms with Crippen molar-refractivity contribution in [3.63, 3.8) is 0 Å². The third-order valence-electron chi connectivity index (χ3n) is 3.34. The molecule has 1 aliphatic heterocycles. The molecule has 0 bridgehead atoms. The number of nitrogens with one attached hydrogen (secondary N) is 1. The monoisotopic (exact) mass is 227 g/mol. The summed E-state index contributed by atoms with van der Waals surface area (Å²) in [5.74, 6) is 0. The molecule has 2 aromatic rings. The highest BCUT2D eigenvalue weighted by atomic mass is 16.5. The summed E-state index contributed by atoms with van der Waals surface area (Å²) in [7, 11) is 0. The minimum Gasteiger partial charge on any atom is -0.382 e. The fraction of sp³-hybridized carbons (Fsp3) is 0.333. The fourth-order valence-electron chi connectivity index (χ4n) is 2.36. The molecule has 0 atom stereocenters. The van der Waals surface area contributed by atoms with Gasteiger partial charge in [-0.25, -0.2) is 0 Å². The lowest BCUT2D eigenvalue weighted by Crippen LogP contribution is -2.27. The van der Waals surface area contributed by atoms with Crippen LogP contribution in [0.5, 0.6) is 0 Å². The van der Waals surface area contributed by atoms with Crippen LogP contribution in [-0.2, 0) is 4.74 Å². The smallest absolute Gasteiger partial charge is 0.0485 e. The van der Waals surface area contributed by atoms with E-state index < -0.39 is 0 Å². The lowest BCUT2D eigenvalue weighted by molar-refractivity contribution is 0.0904. The summed E-state index contributed by atoms with van der Waals surface area (Å²) >= 11 is 0. The van der Waals surface area contributed by atoms with Gasteiger partial charge >= 0.3 is 0 Å². The minimum atomic E-state index is 0.560. The Labute approximate surface area is 102 Å². The van der Waals surface area contributed by atoms with E-state index in [1.54, 1.807) is 0 Å². The van der Waals surface area contributed by atoms with Crippen LogP contribution in [0, 0.1) is 0 Å². The molecule has 1 fully saturated rings. The van der Waals surface area contributed by atoms with E-state index in [0.717, 1.165) is 26.1 Å². The maximum Gasteiger partial charge on any atom is 0.0485 e. The van der Waals surface area contributed by atoms with Gasteiger partial charge in [-0.15, -0.1) is 0 Å². The van der Waals surface area contributed by atoms with Crippen molar-refractivity contribution in [1.82, 2.24) is 0 Å². The van der Waals surface area contributed by atoms with E-state index in [0.29, 0.717) is 6.04 Å². The molecule has 0 spiro atoms. The molecule has 1 heterocycles. The van der Waals surface area contributed by atoms with Gasteiger partial charge in [-0.2, -0.15) is 0 Å². The van der Waals surface area contributed by atoms with E-state index in [9.17, 15) is 0 Å². The topological polar surface area (TPSA) is 21.3 Å². The van der Waals surface area contributed by atoms with Crippen LogP contribution >= 0.6 is 0 Å². The molecule has 2 heteroatoms. The first-order chi connectivity index (χ1) is 8.42. The fourth-order valence-corrected chi connectivity index (χ4v) is 2.36. The summed E-state index contributed by atoms with van der Waals surface area (Å²) < 4.78 is 5.37. The normalized spacial score (nSPS) is 17.2. The van der Waals surface area contributed by atoms with Gasteiger partial charge in [0.15, 0.2) is 0 Å². The highest BCUT2D eigenvalue weighted by Crippen LogP contribution is 2.21. The van der Waals surface area contributed by atoms with Crippen molar-refractivity contribution in [1.29, 1.82) is 0 Å². The van der Waals surface area contributed by atoms with E-state index in [4.69, 9.17) is 4.74 Å². The van der Waals surface area contributed by atoms with Crippen molar-refractivity contribution in [2.75, 3.05) is 18.5 Å². The summed E-state index contributed by atoms with van der Waals surface area (Å²) in [6, 6.07) is 15.6. The van der Waals surface area contributed by atoms with Crippen LogP contribution in [0.25, 0.3) is 10.8 Å². The Bertz CT molecular complexity index is 503. The van der Waals surface area contributed by atoms with Crippen LogP contribution in [-0.4, -0.2) is 19.3 Å². The van der Waals surface area contributed by atoms with Crippen molar-refractivity contribution in [3.8, 4) is 0 Å². The molecule has 0 saturated carbocycles. The number of fused-ring (bicyclic) bond motifs is 1. The van der Waals surface area contributed by atoms with Gasteiger partial charge in [0.25, 0.3) is 0 Å². The average molecular weight is 227 g/mol. The molecule has 88 valence electrons. The first-order valence-corrected chi connectivity index (χ1v) is 6.25. The van der Waals surface area contributed by atoms with Gasteiger partial charge in [0.2, 0.25) is 0 Å². The molecule has 2 nitrogen and oxygen atoms in total. The second kappa shape index (κ2) is 4.76. The summed E-state index contributed by atoms with van der Waals surface area (Å²) in [5, 5.41) is 6.19. The molecule has 0 aromatic heterocycles. The summed E-state index contributed by atoms with van der Waals surface area (Å²) in [4.78, 5) is 0. The Morgan fingerprint density at radius 1 is 0.941 bits per heavy atom. The van der Waals surface area contributed by atoms with Crippen molar-refractivity contribution in [2.24, 2.45) is 0 Å². The van der Waals surface area contributed by atoms with Crippen molar-refractivity contribution >= 4 is 16.5 Å². The quantitative estimate of drug-likeness (QED) is 0.848. The number of anilines is 1. The second-order valence-corrected chi connectivity index (χ2v) is 4.59. The average Bonchev–Trinajstić information content (AvgIpc) is 2.40. The highest BCUT2D eigenvalue weighted by molar-refractivity contribution is 5.85. The van der Waals surface area contributed by atoms with Crippen LogP contribution in [0.3, 0.4) is 0 Å². The zero-order valence-electron chi connectivity index (χ0n) is 9.86. The third kappa shape index (κ3) is 2.42. The maximum absolute atomic E-state index is 5.37. The maximum atomic E-state index is 5.37. The van der Waals surface area contributed by atoms with Crippen molar-refractivity contribution < 1.29 is 4.74 Å². The molecular weight excluding hydrogens is 210 g/mol. The van der Waals surface area contributed by atoms with E-state index in [2.05, 4.69) is 47.8 Å². The number of hydrogen-bond donors (Lipinski definition) is 1. The van der Waals surface area contributed by atoms with Crippen molar-refractivity contribution in [2.45, 2.75) is 18.9 Å². The standard InChI is InChI=1S/C15H17NO/c1-2-4-13-11-15(6-5-12(13)3-1)16-14-7-9-17-10-8-14/h1-6,11,14,16H,7-10H2. The van der Waals surface area contributed by atoms with Crippen LogP contribution in [0.15, 0.2) is 42.5 Å². The molecule has 0 amide bonds. The van der Waals surface area contributed by atoms with Gasteiger partial charge < -0.3 is 10.1 Å². The Balaban J connectivity index is 1.80. The molecule has 2 aromatic carbocycles. The zero-order valence-corrected chi connectivity index (χ0v) is 9.86. The van der Waals surface area contributed by atoms with Crippen LogP contribution in [0.1, 0.15) is 12.8 Å². The predicted octanol–water partition coefficient (Wildman–Crippen LogP) is 3.43. The minimum absolute atomic E-state index is 0.560. The van der Waals surface area contributed by atoms with Crippen LogP contribution in [0.2, 0.25) is 0 Å². The Morgan fingerprint density at radius 2 is 1.71 bits per heavy atom. The SMILES string of the molecule is c1ccc2cc(NC3CCOCC3)ccc2c1. The molecule has 0 unspecified atom stereocenters. The van der Waals surface area contributed by atoms with E-state index in [1.165, 1.54) is 16.5 Å². The van der Waals surface area contributed by atoms with Gasteiger partial charge in [0.1, 0.15) is 0 Å². The molecule has 3 rings (SSSR count).